The van der Waals surface area contributed by atoms with Crippen molar-refractivity contribution in [2.45, 2.75) is 18.7 Å². The quantitative estimate of drug-likeness (QED) is 0.684. The molecule has 3 heterocycles. The molecule has 7 heteroatoms. The van der Waals surface area contributed by atoms with Crippen LogP contribution in [0.4, 0.5) is 0 Å². The fourth-order valence-electron chi connectivity index (χ4n) is 3.31. The number of imidazole rings is 1. The number of hydrogen-bond acceptors (Lipinski definition) is 5. The lowest BCUT2D eigenvalue weighted by Crippen LogP contribution is -2.48. The minimum Gasteiger partial charge on any atom is -0.341 e. The Morgan fingerprint density at radius 1 is 1.22 bits per heavy atom. The topological polar surface area (TPSA) is 52.2 Å². The molecule has 1 amide bonds. The zero-order chi connectivity index (χ0) is 18.6. The average molecular weight is 401 g/mol. The molecule has 3 aromatic rings. The number of thiophene rings is 1. The standard InChI is InChI=1S/C20H24N4OS2/c1-15(20-21-17-6-2-3-7-18(17)22-20)27-14-19(25)24-10-8-23(9-11-24)13-16-5-4-12-26-16/h2-7,12,15H,8-11,13-14H2,1H3,(H,21,22). The molecule has 1 N–H and O–H groups in total. The van der Waals surface area contributed by atoms with Gasteiger partial charge in [0.1, 0.15) is 5.82 Å². The summed E-state index contributed by atoms with van der Waals surface area (Å²) in [4.78, 5) is 26.4. The number of para-hydroxylation sites is 2. The summed E-state index contributed by atoms with van der Waals surface area (Å²) in [6.45, 7) is 6.65. The number of aromatic amines is 1. The van der Waals surface area contributed by atoms with Crippen molar-refractivity contribution in [1.82, 2.24) is 19.8 Å². The van der Waals surface area contributed by atoms with Crippen LogP contribution >= 0.6 is 23.1 Å². The van der Waals surface area contributed by atoms with Crippen LogP contribution < -0.4 is 0 Å². The second-order valence-electron chi connectivity index (χ2n) is 6.83. The van der Waals surface area contributed by atoms with E-state index in [0.717, 1.165) is 49.6 Å². The van der Waals surface area contributed by atoms with Crippen LogP contribution in [0.1, 0.15) is 22.9 Å². The maximum Gasteiger partial charge on any atom is 0.232 e. The van der Waals surface area contributed by atoms with E-state index < -0.39 is 0 Å². The highest BCUT2D eigenvalue weighted by atomic mass is 32.2. The van der Waals surface area contributed by atoms with Gasteiger partial charge in [0.2, 0.25) is 5.91 Å². The molecule has 2 aromatic heterocycles. The maximum absolute atomic E-state index is 12.6. The van der Waals surface area contributed by atoms with Gasteiger partial charge in [-0.15, -0.1) is 23.1 Å². The number of carbonyl (C=O) groups excluding carboxylic acids is 1. The highest BCUT2D eigenvalue weighted by Gasteiger charge is 2.22. The number of H-pyrrole nitrogens is 1. The smallest absolute Gasteiger partial charge is 0.232 e. The van der Waals surface area contributed by atoms with E-state index >= 15 is 0 Å². The van der Waals surface area contributed by atoms with Crippen molar-refractivity contribution >= 4 is 40.0 Å². The molecule has 1 unspecified atom stereocenters. The number of nitrogens with one attached hydrogen (secondary N) is 1. The molecule has 0 bridgehead atoms. The molecule has 1 aromatic carbocycles. The van der Waals surface area contributed by atoms with Crippen molar-refractivity contribution in [3.8, 4) is 0 Å². The second-order valence-corrected chi connectivity index (χ2v) is 9.19. The van der Waals surface area contributed by atoms with Crippen LogP contribution in [0.25, 0.3) is 11.0 Å². The van der Waals surface area contributed by atoms with Crippen molar-refractivity contribution in [1.29, 1.82) is 0 Å². The van der Waals surface area contributed by atoms with Gasteiger partial charge in [-0.25, -0.2) is 4.98 Å². The summed E-state index contributed by atoms with van der Waals surface area (Å²) in [7, 11) is 0. The van der Waals surface area contributed by atoms with Crippen LogP contribution in [0.3, 0.4) is 0 Å². The number of amides is 1. The SMILES string of the molecule is CC(SCC(=O)N1CCN(Cc2cccs2)CC1)c1nc2ccccc2[nH]1. The summed E-state index contributed by atoms with van der Waals surface area (Å²) in [6, 6.07) is 12.3. The van der Waals surface area contributed by atoms with Crippen LogP contribution in [-0.2, 0) is 11.3 Å². The van der Waals surface area contributed by atoms with Gasteiger partial charge in [0, 0.05) is 37.6 Å². The Kier molecular flexibility index (Phi) is 5.80. The van der Waals surface area contributed by atoms with Gasteiger partial charge >= 0.3 is 0 Å². The lowest BCUT2D eigenvalue weighted by molar-refractivity contribution is -0.130. The summed E-state index contributed by atoms with van der Waals surface area (Å²) < 4.78 is 0. The van der Waals surface area contributed by atoms with E-state index in [1.165, 1.54) is 4.88 Å². The lowest BCUT2D eigenvalue weighted by Gasteiger charge is -2.34. The number of piperazine rings is 1. The van der Waals surface area contributed by atoms with Gasteiger partial charge in [-0.2, -0.15) is 0 Å². The largest absolute Gasteiger partial charge is 0.341 e. The van der Waals surface area contributed by atoms with Crippen LogP contribution in [0.2, 0.25) is 0 Å². The monoisotopic (exact) mass is 400 g/mol. The number of benzene rings is 1. The molecule has 5 nitrogen and oxygen atoms in total. The first kappa shape index (κ1) is 18.5. The first-order chi connectivity index (χ1) is 13.2. The van der Waals surface area contributed by atoms with Crippen molar-refractivity contribution < 1.29 is 4.79 Å². The molecule has 142 valence electrons. The molecule has 1 aliphatic rings. The lowest BCUT2D eigenvalue weighted by atomic mass is 10.3. The van der Waals surface area contributed by atoms with Crippen LogP contribution in [0, 0.1) is 0 Å². The molecular weight excluding hydrogens is 376 g/mol. The van der Waals surface area contributed by atoms with Crippen molar-refractivity contribution in [2.75, 3.05) is 31.9 Å². The Balaban J connectivity index is 1.24. The fourth-order valence-corrected chi connectivity index (χ4v) is 4.90. The summed E-state index contributed by atoms with van der Waals surface area (Å²) in [5.74, 6) is 1.68. The zero-order valence-corrected chi connectivity index (χ0v) is 17.1. The highest BCUT2D eigenvalue weighted by Crippen LogP contribution is 2.28. The molecule has 4 rings (SSSR count). The first-order valence-corrected chi connectivity index (χ1v) is 11.2. The normalized spacial score (nSPS) is 16.7. The Labute approximate surface area is 167 Å². The van der Waals surface area contributed by atoms with E-state index in [1.807, 2.05) is 29.2 Å². The summed E-state index contributed by atoms with van der Waals surface area (Å²) >= 11 is 3.45. The average Bonchev–Trinajstić information content (AvgIpc) is 3.36. The van der Waals surface area contributed by atoms with Crippen molar-refractivity contribution in [2.24, 2.45) is 0 Å². The molecule has 0 spiro atoms. The summed E-state index contributed by atoms with van der Waals surface area (Å²) in [5.41, 5.74) is 2.03. The second kappa shape index (κ2) is 8.46. The molecule has 0 radical (unpaired) electrons. The number of hydrogen-bond donors (Lipinski definition) is 1. The molecule has 1 aliphatic heterocycles. The minimum absolute atomic E-state index is 0.168. The van der Waals surface area contributed by atoms with E-state index in [9.17, 15) is 4.79 Å². The number of nitrogens with zero attached hydrogens (tertiary/aromatic N) is 3. The van der Waals surface area contributed by atoms with Gasteiger partial charge in [-0.05, 0) is 30.5 Å². The summed E-state index contributed by atoms with van der Waals surface area (Å²) in [5, 5.41) is 2.29. The van der Waals surface area contributed by atoms with Gasteiger partial charge in [-0.1, -0.05) is 18.2 Å². The molecule has 1 fully saturated rings. The predicted molar refractivity (Wildman–Crippen MR) is 113 cm³/mol. The number of thioether (sulfide) groups is 1. The van der Waals surface area contributed by atoms with Crippen molar-refractivity contribution in [3.05, 3.63) is 52.5 Å². The van der Waals surface area contributed by atoms with E-state index in [2.05, 4.69) is 39.3 Å². The van der Waals surface area contributed by atoms with Gasteiger partial charge < -0.3 is 9.88 Å². The number of rotatable bonds is 6. The van der Waals surface area contributed by atoms with Gasteiger partial charge in [0.25, 0.3) is 0 Å². The maximum atomic E-state index is 12.6. The summed E-state index contributed by atoms with van der Waals surface area (Å²) in [6.07, 6.45) is 0. The van der Waals surface area contributed by atoms with Crippen LogP contribution in [0.5, 0.6) is 0 Å². The molecule has 1 atom stereocenters. The third-order valence-corrected chi connectivity index (χ3v) is 6.93. The van der Waals surface area contributed by atoms with E-state index in [-0.39, 0.29) is 11.2 Å². The molecule has 0 aliphatic carbocycles. The minimum atomic E-state index is 0.168. The Bertz CT molecular complexity index is 851. The Hall–Kier alpha value is -1.83. The molecule has 0 saturated carbocycles. The fraction of sp³-hybridized carbons (Fsp3) is 0.400. The number of carbonyl (C=O) groups is 1. The first-order valence-electron chi connectivity index (χ1n) is 9.28. The highest BCUT2D eigenvalue weighted by molar-refractivity contribution is 8.00. The van der Waals surface area contributed by atoms with Gasteiger partial charge in [0.15, 0.2) is 0 Å². The van der Waals surface area contributed by atoms with Crippen LogP contribution in [0.15, 0.2) is 41.8 Å². The van der Waals surface area contributed by atoms with Gasteiger partial charge in [0.05, 0.1) is 22.0 Å². The van der Waals surface area contributed by atoms with Crippen LogP contribution in [-0.4, -0.2) is 57.6 Å². The van der Waals surface area contributed by atoms with E-state index in [1.54, 1.807) is 23.1 Å². The molecule has 1 saturated heterocycles. The number of aromatic nitrogens is 2. The third-order valence-electron chi connectivity index (χ3n) is 4.93. The molecular formula is C20H24N4OS2. The Morgan fingerprint density at radius 3 is 2.78 bits per heavy atom. The Morgan fingerprint density at radius 2 is 2.04 bits per heavy atom. The number of fused-ring (bicyclic) bond motifs is 1. The third kappa shape index (κ3) is 4.54. The van der Waals surface area contributed by atoms with E-state index in [4.69, 9.17) is 0 Å². The predicted octanol–water partition coefficient (Wildman–Crippen LogP) is 3.76. The molecule has 27 heavy (non-hydrogen) atoms. The van der Waals surface area contributed by atoms with Crippen molar-refractivity contribution in [3.63, 3.8) is 0 Å². The van der Waals surface area contributed by atoms with E-state index in [0.29, 0.717) is 5.75 Å². The zero-order valence-electron chi connectivity index (χ0n) is 15.4. The van der Waals surface area contributed by atoms with Gasteiger partial charge in [-0.3, -0.25) is 9.69 Å².